The number of carbonyl (C=O) groups is 1. The second-order valence-electron chi connectivity index (χ2n) is 8.69. The highest BCUT2D eigenvalue weighted by Gasteiger charge is 2.57. The second kappa shape index (κ2) is 8.11. The number of hydrogen-bond acceptors (Lipinski definition) is 7. The number of nitrogens with zero attached hydrogens (tertiary/aromatic N) is 5. The lowest BCUT2D eigenvalue weighted by atomic mass is 9.94. The van der Waals surface area contributed by atoms with Gasteiger partial charge in [-0.3, -0.25) is 9.48 Å². The predicted molar refractivity (Wildman–Crippen MR) is 130 cm³/mol. The van der Waals surface area contributed by atoms with Crippen molar-refractivity contribution in [2.75, 3.05) is 18.5 Å². The van der Waals surface area contributed by atoms with Gasteiger partial charge in [0.05, 0.1) is 40.4 Å². The molecule has 5 heterocycles. The Labute approximate surface area is 209 Å². The van der Waals surface area contributed by atoms with E-state index < -0.39 is 11.4 Å². The van der Waals surface area contributed by atoms with E-state index in [1.54, 1.807) is 41.2 Å². The Morgan fingerprint density at radius 3 is 2.83 bits per heavy atom. The van der Waals surface area contributed by atoms with Crippen LogP contribution in [0, 0.1) is 12.7 Å². The van der Waals surface area contributed by atoms with E-state index in [1.165, 1.54) is 11.3 Å². The van der Waals surface area contributed by atoms with Crippen LogP contribution in [0.5, 0.6) is 0 Å². The van der Waals surface area contributed by atoms with E-state index in [2.05, 4.69) is 20.4 Å². The number of amides is 1. The molecule has 1 fully saturated rings. The summed E-state index contributed by atoms with van der Waals surface area (Å²) < 4.78 is 23.1. The second-order valence-corrected chi connectivity index (χ2v) is 10.1. The predicted octanol–water partition coefficient (Wildman–Crippen LogP) is 4.66. The van der Waals surface area contributed by atoms with Gasteiger partial charge in [-0.25, -0.2) is 14.4 Å². The molecular formula is C24H20ClFN6O2S. The van der Waals surface area contributed by atoms with Crippen molar-refractivity contribution in [2.24, 2.45) is 7.05 Å². The SMILES string of the molecule is Cc1cnc(Nc2ccnn2C)nc1-c1sc2c(c1F)C(=O)N(Cc1cccc(Cl)c1)C21COC1. The molecule has 11 heteroatoms. The topological polar surface area (TPSA) is 85.2 Å². The van der Waals surface area contributed by atoms with Crippen LogP contribution >= 0.6 is 22.9 Å². The molecule has 2 aliphatic rings. The fourth-order valence-electron chi connectivity index (χ4n) is 4.50. The molecule has 0 unspecified atom stereocenters. The van der Waals surface area contributed by atoms with Crippen LogP contribution in [0.1, 0.15) is 26.4 Å². The summed E-state index contributed by atoms with van der Waals surface area (Å²) in [5, 5.41) is 7.81. The molecule has 1 amide bonds. The van der Waals surface area contributed by atoms with E-state index in [9.17, 15) is 4.79 Å². The first kappa shape index (κ1) is 22.1. The lowest BCUT2D eigenvalue weighted by Crippen LogP contribution is -2.56. The van der Waals surface area contributed by atoms with Gasteiger partial charge in [-0.1, -0.05) is 23.7 Å². The zero-order valence-corrected chi connectivity index (χ0v) is 20.5. The van der Waals surface area contributed by atoms with Gasteiger partial charge in [0, 0.05) is 30.9 Å². The van der Waals surface area contributed by atoms with Gasteiger partial charge in [0.15, 0.2) is 5.82 Å². The molecule has 0 atom stereocenters. The van der Waals surface area contributed by atoms with E-state index in [4.69, 9.17) is 16.3 Å². The third-order valence-corrected chi connectivity index (χ3v) is 8.01. The third-order valence-electron chi connectivity index (χ3n) is 6.41. The summed E-state index contributed by atoms with van der Waals surface area (Å²) in [6.45, 7) is 2.79. The highest BCUT2D eigenvalue weighted by Crippen LogP contribution is 2.52. The summed E-state index contributed by atoms with van der Waals surface area (Å²) in [4.78, 5) is 25.1. The van der Waals surface area contributed by atoms with Crippen LogP contribution < -0.4 is 5.32 Å². The Balaban J connectivity index is 1.38. The molecule has 35 heavy (non-hydrogen) atoms. The van der Waals surface area contributed by atoms with E-state index in [0.717, 1.165) is 5.56 Å². The van der Waals surface area contributed by atoms with Gasteiger partial charge >= 0.3 is 0 Å². The van der Waals surface area contributed by atoms with Crippen LogP contribution in [0.2, 0.25) is 5.02 Å². The average molecular weight is 511 g/mol. The number of hydrogen-bond donors (Lipinski definition) is 1. The molecule has 1 N–H and O–H groups in total. The molecule has 178 valence electrons. The van der Waals surface area contributed by atoms with Gasteiger partial charge in [0.2, 0.25) is 5.95 Å². The number of aromatic nitrogens is 4. The van der Waals surface area contributed by atoms with Crippen LogP contribution in [0.25, 0.3) is 10.6 Å². The minimum atomic E-state index is -0.685. The molecule has 6 rings (SSSR count). The van der Waals surface area contributed by atoms with Crippen LogP contribution in [0.3, 0.4) is 0 Å². The number of carbonyl (C=O) groups excluding carboxylic acids is 1. The Morgan fingerprint density at radius 1 is 1.31 bits per heavy atom. The molecule has 1 spiro atoms. The van der Waals surface area contributed by atoms with Gasteiger partial charge in [0.25, 0.3) is 5.91 Å². The van der Waals surface area contributed by atoms with E-state index in [-0.39, 0.29) is 11.5 Å². The van der Waals surface area contributed by atoms with Crippen LogP contribution in [0.15, 0.2) is 42.7 Å². The molecule has 8 nitrogen and oxygen atoms in total. The molecule has 3 aromatic heterocycles. The lowest BCUT2D eigenvalue weighted by Gasteiger charge is -2.45. The molecule has 0 bridgehead atoms. The highest BCUT2D eigenvalue weighted by atomic mass is 35.5. The molecule has 2 aliphatic heterocycles. The summed E-state index contributed by atoms with van der Waals surface area (Å²) in [6, 6.07) is 9.13. The number of aryl methyl sites for hydroxylation is 2. The van der Waals surface area contributed by atoms with Crippen molar-refractivity contribution >= 4 is 40.6 Å². The van der Waals surface area contributed by atoms with Crippen LogP contribution in [0.4, 0.5) is 16.2 Å². The van der Waals surface area contributed by atoms with Crippen molar-refractivity contribution in [3.63, 3.8) is 0 Å². The minimum absolute atomic E-state index is 0.106. The van der Waals surface area contributed by atoms with Crippen molar-refractivity contribution in [3.05, 3.63) is 75.1 Å². The van der Waals surface area contributed by atoms with Crippen molar-refractivity contribution < 1.29 is 13.9 Å². The van der Waals surface area contributed by atoms with Gasteiger partial charge in [-0.15, -0.1) is 11.3 Å². The maximum Gasteiger partial charge on any atom is 0.259 e. The standard InChI is InChI=1S/C24H20ClFN6O2S/c1-13-9-27-23(29-16-6-7-28-31(16)2)30-19(13)20-18(26)17-21(35-20)24(11-34-12-24)32(22(17)33)10-14-4-3-5-15(25)8-14/h3-9H,10-12H2,1-2H3,(H,27,29,30). The molecule has 0 saturated carbocycles. The number of halogens is 2. The zero-order chi connectivity index (χ0) is 24.3. The fraction of sp³-hybridized carbons (Fsp3) is 0.250. The monoisotopic (exact) mass is 510 g/mol. The summed E-state index contributed by atoms with van der Waals surface area (Å²) in [5.41, 5.74) is 1.46. The molecule has 4 aromatic rings. The number of ether oxygens (including phenoxy) is 1. The lowest BCUT2D eigenvalue weighted by molar-refractivity contribution is -0.126. The summed E-state index contributed by atoms with van der Waals surface area (Å²) in [5.74, 6) is 0.121. The number of thiophene rings is 1. The normalized spacial score (nSPS) is 16.0. The Kier molecular flexibility index (Phi) is 5.13. The Morgan fingerprint density at radius 2 is 2.14 bits per heavy atom. The highest BCUT2D eigenvalue weighted by molar-refractivity contribution is 7.16. The summed E-state index contributed by atoms with van der Waals surface area (Å²) >= 11 is 7.40. The number of rotatable bonds is 5. The Bertz CT molecular complexity index is 1480. The Hall–Kier alpha value is -3.34. The maximum absolute atomic E-state index is 15.9. The van der Waals surface area contributed by atoms with E-state index >= 15 is 4.39 Å². The first-order chi connectivity index (χ1) is 16.9. The van der Waals surface area contributed by atoms with Crippen LogP contribution in [-0.4, -0.2) is 43.8 Å². The average Bonchev–Trinajstić information content (AvgIpc) is 3.43. The summed E-state index contributed by atoms with van der Waals surface area (Å²) in [7, 11) is 1.79. The van der Waals surface area contributed by atoms with E-state index in [0.29, 0.717) is 57.6 Å². The number of fused-ring (bicyclic) bond motifs is 2. The van der Waals surface area contributed by atoms with Gasteiger partial charge in [-0.05, 0) is 30.2 Å². The van der Waals surface area contributed by atoms with Crippen molar-refractivity contribution in [1.29, 1.82) is 0 Å². The fourth-order valence-corrected chi connectivity index (χ4v) is 6.11. The zero-order valence-electron chi connectivity index (χ0n) is 18.9. The molecule has 0 aliphatic carbocycles. The number of nitrogens with one attached hydrogen (secondary N) is 1. The smallest absolute Gasteiger partial charge is 0.259 e. The number of anilines is 2. The summed E-state index contributed by atoms with van der Waals surface area (Å²) in [6.07, 6.45) is 3.29. The van der Waals surface area contributed by atoms with Gasteiger partial charge in [-0.2, -0.15) is 5.10 Å². The molecule has 1 aromatic carbocycles. The first-order valence-electron chi connectivity index (χ1n) is 10.9. The molecule has 0 radical (unpaired) electrons. The first-order valence-corrected chi connectivity index (χ1v) is 12.1. The third kappa shape index (κ3) is 3.43. The minimum Gasteiger partial charge on any atom is -0.376 e. The van der Waals surface area contributed by atoms with Crippen LogP contribution in [-0.2, 0) is 23.9 Å². The number of benzene rings is 1. The molecule has 1 saturated heterocycles. The molecular weight excluding hydrogens is 491 g/mol. The van der Waals surface area contributed by atoms with Gasteiger partial charge in [0.1, 0.15) is 11.4 Å². The van der Waals surface area contributed by atoms with Crippen molar-refractivity contribution in [2.45, 2.75) is 19.0 Å². The van der Waals surface area contributed by atoms with E-state index in [1.807, 2.05) is 25.1 Å². The largest absolute Gasteiger partial charge is 0.376 e. The quantitative estimate of drug-likeness (QED) is 0.420. The van der Waals surface area contributed by atoms with Gasteiger partial charge < -0.3 is 15.0 Å². The maximum atomic E-state index is 15.9. The van der Waals surface area contributed by atoms with Crippen molar-refractivity contribution in [3.8, 4) is 10.6 Å². The van der Waals surface area contributed by atoms with Crippen molar-refractivity contribution in [1.82, 2.24) is 24.6 Å².